The Balaban J connectivity index is 1.95. The molecular weight excluding hydrogens is 326 g/mol. The second-order valence-electron chi connectivity index (χ2n) is 5.17. The lowest BCUT2D eigenvalue weighted by Crippen LogP contribution is -2.35. The summed E-state index contributed by atoms with van der Waals surface area (Å²) in [6, 6.07) is 9.37. The van der Waals surface area contributed by atoms with Gasteiger partial charge in [-0.15, -0.1) is 0 Å². The van der Waals surface area contributed by atoms with Crippen LogP contribution in [-0.4, -0.2) is 31.1 Å². The number of carbonyl (C=O) groups excluding carboxylic acids is 1. The Hall–Kier alpha value is -2.61. The number of nitrogens with one attached hydrogen (secondary N) is 1. The number of hydrogen-bond acceptors (Lipinski definition) is 5. The van der Waals surface area contributed by atoms with E-state index in [0.717, 1.165) is 11.3 Å². The Kier molecular flexibility index (Phi) is 4.66. The molecule has 3 aromatic rings. The first kappa shape index (κ1) is 16.3. The standard InChI is InChI=1S/C16H17N5O2S/c1-3-24-16-18-14-12(10-17-20(14)2)15(23)21(16)19-13(22)9-11-7-5-4-6-8-11/h4-8,10H,3,9H2,1-2H3,(H,19,22). The van der Waals surface area contributed by atoms with Gasteiger partial charge in [0.1, 0.15) is 5.39 Å². The molecule has 1 N–H and O–H groups in total. The van der Waals surface area contributed by atoms with E-state index in [2.05, 4.69) is 15.5 Å². The van der Waals surface area contributed by atoms with Gasteiger partial charge in [-0.3, -0.25) is 19.7 Å². The fourth-order valence-corrected chi connectivity index (χ4v) is 3.00. The topological polar surface area (TPSA) is 81.8 Å². The van der Waals surface area contributed by atoms with Crippen LogP contribution < -0.4 is 11.0 Å². The lowest BCUT2D eigenvalue weighted by atomic mass is 10.1. The van der Waals surface area contributed by atoms with E-state index >= 15 is 0 Å². The molecule has 24 heavy (non-hydrogen) atoms. The van der Waals surface area contributed by atoms with Crippen LogP contribution in [0.1, 0.15) is 12.5 Å². The smallest absolute Gasteiger partial charge is 0.273 e. The summed E-state index contributed by atoms with van der Waals surface area (Å²) in [7, 11) is 1.73. The maximum Gasteiger partial charge on any atom is 0.284 e. The highest BCUT2D eigenvalue weighted by atomic mass is 32.2. The summed E-state index contributed by atoms with van der Waals surface area (Å²) in [5, 5.41) is 4.88. The van der Waals surface area contributed by atoms with Gasteiger partial charge < -0.3 is 0 Å². The lowest BCUT2D eigenvalue weighted by Gasteiger charge is -2.12. The Labute approximate surface area is 142 Å². The van der Waals surface area contributed by atoms with Crippen LogP contribution in [0, 0.1) is 0 Å². The first-order valence-electron chi connectivity index (χ1n) is 7.51. The minimum absolute atomic E-state index is 0.189. The number of hydrogen-bond donors (Lipinski definition) is 1. The summed E-state index contributed by atoms with van der Waals surface area (Å²) >= 11 is 1.39. The van der Waals surface area contributed by atoms with Crippen molar-refractivity contribution in [2.24, 2.45) is 7.05 Å². The summed E-state index contributed by atoms with van der Waals surface area (Å²) in [5.74, 6) is 0.455. The quantitative estimate of drug-likeness (QED) is 0.561. The van der Waals surface area contributed by atoms with Crippen molar-refractivity contribution in [3.05, 3.63) is 52.4 Å². The second kappa shape index (κ2) is 6.88. The van der Waals surface area contributed by atoms with Crippen LogP contribution in [0.2, 0.25) is 0 Å². The van der Waals surface area contributed by atoms with Gasteiger partial charge in [-0.2, -0.15) is 9.77 Å². The number of carbonyl (C=O) groups is 1. The number of aryl methyl sites for hydroxylation is 1. The van der Waals surface area contributed by atoms with Crippen LogP contribution in [0.4, 0.5) is 0 Å². The molecule has 2 aromatic heterocycles. The van der Waals surface area contributed by atoms with Crippen molar-refractivity contribution in [2.45, 2.75) is 18.5 Å². The summed E-state index contributed by atoms with van der Waals surface area (Å²) in [4.78, 5) is 29.4. The largest absolute Gasteiger partial charge is 0.284 e. The van der Waals surface area contributed by atoms with Gasteiger partial charge in [0.2, 0.25) is 5.91 Å². The molecule has 0 aliphatic rings. The molecule has 0 atom stereocenters. The van der Waals surface area contributed by atoms with Crippen molar-refractivity contribution < 1.29 is 4.79 Å². The average Bonchev–Trinajstić information content (AvgIpc) is 2.94. The number of thioether (sulfide) groups is 1. The van der Waals surface area contributed by atoms with Crippen molar-refractivity contribution in [1.82, 2.24) is 19.4 Å². The zero-order chi connectivity index (χ0) is 17.1. The minimum Gasteiger partial charge on any atom is -0.273 e. The third-order valence-corrected chi connectivity index (χ3v) is 4.27. The maximum atomic E-state index is 12.7. The Morgan fingerprint density at radius 3 is 2.75 bits per heavy atom. The summed E-state index contributed by atoms with van der Waals surface area (Å²) < 4.78 is 2.76. The summed E-state index contributed by atoms with van der Waals surface area (Å²) in [6.45, 7) is 1.96. The predicted molar refractivity (Wildman–Crippen MR) is 93.7 cm³/mol. The zero-order valence-electron chi connectivity index (χ0n) is 13.4. The van der Waals surface area contributed by atoms with E-state index in [9.17, 15) is 9.59 Å². The molecule has 0 aliphatic carbocycles. The maximum absolute atomic E-state index is 12.7. The third-order valence-electron chi connectivity index (χ3n) is 3.45. The molecule has 0 unspecified atom stereocenters. The van der Waals surface area contributed by atoms with E-state index in [1.807, 2.05) is 37.3 Å². The molecule has 0 spiro atoms. The molecule has 0 bridgehead atoms. The van der Waals surface area contributed by atoms with E-state index in [-0.39, 0.29) is 17.9 Å². The molecule has 3 rings (SSSR count). The van der Waals surface area contributed by atoms with Crippen LogP contribution in [0.15, 0.2) is 46.5 Å². The Morgan fingerprint density at radius 1 is 1.29 bits per heavy atom. The number of amides is 1. The normalized spacial score (nSPS) is 10.9. The summed E-state index contributed by atoms with van der Waals surface area (Å²) in [6.07, 6.45) is 1.65. The van der Waals surface area contributed by atoms with Gasteiger partial charge in [-0.05, 0) is 11.3 Å². The molecule has 0 saturated heterocycles. The molecule has 0 saturated carbocycles. The molecule has 1 amide bonds. The van der Waals surface area contributed by atoms with Gasteiger partial charge in [0.15, 0.2) is 10.8 Å². The fourth-order valence-electron chi connectivity index (χ4n) is 2.33. The van der Waals surface area contributed by atoms with E-state index in [1.165, 1.54) is 22.6 Å². The number of rotatable bonds is 5. The fraction of sp³-hybridized carbons (Fsp3) is 0.250. The van der Waals surface area contributed by atoms with Crippen molar-refractivity contribution in [1.29, 1.82) is 0 Å². The monoisotopic (exact) mass is 343 g/mol. The lowest BCUT2D eigenvalue weighted by molar-refractivity contribution is -0.116. The van der Waals surface area contributed by atoms with Crippen LogP contribution in [-0.2, 0) is 18.3 Å². The van der Waals surface area contributed by atoms with E-state index < -0.39 is 0 Å². The molecule has 0 radical (unpaired) electrons. The Morgan fingerprint density at radius 2 is 2.04 bits per heavy atom. The van der Waals surface area contributed by atoms with Crippen molar-refractivity contribution in [3.63, 3.8) is 0 Å². The van der Waals surface area contributed by atoms with E-state index in [4.69, 9.17) is 0 Å². The highest BCUT2D eigenvalue weighted by molar-refractivity contribution is 7.99. The van der Waals surface area contributed by atoms with Crippen LogP contribution >= 0.6 is 11.8 Å². The average molecular weight is 343 g/mol. The molecule has 0 aliphatic heterocycles. The van der Waals surface area contributed by atoms with Crippen molar-refractivity contribution >= 4 is 28.7 Å². The van der Waals surface area contributed by atoms with Gasteiger partial charge in [0.05, 0.1) is 12.6 Å². The summed E-state index contributed by atoms with van der Waals surface area (Å²) in [5.41, 5.74) is 3.71. The van der Waals surface area contributed by atoms with Crippen LogP contribution in [0.3, 0.4) is 0 Å². The third kappa shape index (κ3) is 3.18. The minimum atomic E-state index is -0.328. The molecule has 1 aromatic carbocycles. The second-order valence-corrected chi connectivity index (χ2v) is 6.40. The number of benzene rings is 1. The van der Waals surface area contributed by atoms with Gasteiger partial charge >= 0.3 is 0 Å². The SMILES string of the molecule is CCSc1nc2c(cnn2C)c(=O)n1NC(=O)Cc1ccccc1. The zero-order valence-corrected chi connectivity index (χ0v) is 14.2. The number of nitrogens with zero attached hydrogens (tertiary/aromatic N) is 4. The highest BCUT2D eigenvalue weighted by Crippen LogP contribution is 2.16. The van der Waals surface area contributed by atoms with Gasteiger partial charge in [-0.1, -0.05) is 49.0 Å². The van der Waals surface area contributed by atoms with Crippen molar-refractivity contribution in [2.75, 3.05) is 11.2 Å². The highest BCUT2D eigenvalue weighted by Gasteiger charge is 2.16. The number of fused-ring (bicyclic) bond motifs is 1. The van der Waals surface area contributed by atoms with Gasteiger partial charge in [0.25, 0.3) is 5.56 Å². The van der Waals surface area contributed by atoms with Crippen LogP contribution in [0.5, 0.6) is 0 Å². The van der Waals surface area contributed by atoms with E-state index in [0.29, 0.717) is 16.2 Å². The molecule has 0 fully saturated rings. The molecule has 7 nitrogen and oxygen atoms in total. The molecule has 2 heterocycles. The molecular formula is C16H17N5O2S. The predicted octanol–water partition coefficient (Wildman–Crippen LogP) is 1.55. The van der Waals surface area contributed by atoms with Gasteiger partial charge in [-0.25, -0.2) is 4.98 Å². The van der Waals surface area contributed by atoms with E-state index in [1.54, 1.807) is 11.7 Å². The number of aromatic nitrogens is 4. The Bertz CT molecular complexity index is 933. The molecule has 124 valence electrons. The first-order valence-corrected chi connectivity index (χ1v) is 8.50. The van der Waals surface area contributed by atoms with Gasteiger partial charge in [0, 0.05) is 7.05 Å². The first-order chi connectivity index (χ1) is 11.6. The van der Waals surface area contributed by atoms with Crippen LogP contribution in [0.25, 0.3) is 11.0 Å². The molecule has 8 heteroatoms. The van der Waals surface area contributed by atoms with Crippen molar-refractivity contribution in [3.8, 4) is 0 Å².